The Hall–Kier alpha value is -3.91. The van der Waals surface area contributed by atoms with Crippen LogP contribution in [-0.4, -0.2) is 32.5 Å². The molecule has 1 aliphatic heterocycles. The third kappa shape index (κ3) is 3.89. The summed E-state index contributed by atoms with van der Waals surface area (Å²) in [5, 5.41) is 10.8. The number of sulfone groups is 1. The van der Waals surface area contributed by atoms with Crippen LogP contribution in [0.15, 0.2) is 94.4 Å². The normalized spacial score (nSPS) is 16.2. The first-order valence-electron chi connectivity index (χ1n) is 10.1. The summed E-state index contributed by atoms with van der Waals surface area (Å²) >= 11 is 0. The van der Waals surface area contributed by atoms with Gasteiger partial charge in [-0.15, -0.1) is 0 Å². The molecule has 33 heavy (non-hydrogen) atoms. The molecule has 7 nitrogen and oxygen atoms in total. The quantitative estimate of drug-likeness (QED) is 0.572. The van der Waals surface area contributed by atoms with Crippen molar-refractivity contribution in [1.82, 2.24) is 0 Å². The zero-order valence-corrected chi connectivity index (χ0v) is 18.7. The van der Waals surface area contributed by atoms with Crippen LogP contribution in [0, 0.1) is 6.92 Å². The maximum absolute atomic E-state index is 13.6. The number of rotatable bonds is 5. The number of amides is 1. The molecule has 1 aliphatic rings. The van der Waals surface area contributed by atoms with Crippen LogP contribution >= 0.6 is 0 Å². The third-order valence-corrected chi connectivity index (χ3v) is 7.35. The number of hydrogen-bond acceptors (Lipinski definition) is 6. The third-order valence-electron chi connectivity index (χ3n) is 5.46. The van der Waals surface area contributed by atoms with Crippen LogP contribution in [0.4, 0.5) is 5.69 Å². The number of benzene rings is 3. The summed E-state index contributed by atoms with van der Waals surface area (Å²) in [6.45, 7) is 1.83. The highest BCUT2D eigenvalue weighted by Crippen LogP contribution is 2.44. The molecule has 0 saturated heterocycles. The van der Waals surface area contributed by atoms with E-state index in [2.05, 4.69) is 0 Å². The lowest BCUT2D eigenvalue weighted by Crippen LogP contribution is -2.31. The molecule has 4 rings (SSSR count). The van der Waals surface area contributed by atoms with Crippen molar-refractivity contribution in [3.05, 3.63) is 106 Å². The Morgan fingerprint density at radius 3 is 2.12 bits per heavy atom. The second-order valence-corrected chi connectivity index (χ2v) is 9.47. The van der Waals surface area contributed by atoms with Gasteiger partial charge in [-0.3, -0.25) is 9.69 Å². The van der Waals surface area contributed by atoms with Crippen molar-refractivity contribution < 1.29 is 27.9 Å². The molecule has 0 bridgehead atoms. The van der Waals surface area contributed by atoms with Crippen molar-refractivity contribution in [3.8, 4) is 0 Å². The van der Waals surface area contributed by atoms with Crippen molar-refractivity contribution >= 4 is 27.4 Å². The van der Waals surface area contributed by atoms with E-state index in [0.29, 0.717) is 11.3 Å². The van der Waals surface area contributed by atoms with E-state index in [-0.39, 0.29) is 10.5 Å². The number of esters is 1. The summed E-state index contributed by atoms with van der Waals surface area (Å²) in [4.78, 5) is 25.8. The number of anilines is 1. The Labute approximate surface area is 191 Å². The minimum Gasteiger partial charge on any atom is -0.502 e. The van der Waals surface area contributed by atoms with E-state index in [1.165, 1.54) is 36.3 Å². The van der Waals surface area contributed by atoms with Crippen LogP contribution in [0.5, 0.6) is 0 Å². The molecule has 0 saturated carbocycles. The van der Waals surface area contributed by atoms with E-state index in [9.17, 15) is 23.1 Å². The fourth-order valence-electron chi connectivity index (χ4n) is 3.78. The summed E-state index contributed by atoms with van der Waals surface area (Å²) in [6, 6.07) is 19.6. The molecule has 1 N–H and O–H groups in total. The molecule has 0 unspecified atom stereocenters. The molecule has 1 atom stereocenters. The molecule has 168 valence electrons. The minimum atomic E-state index is -4.23. The van der Waals surface area contributed by atoms with E-state index >= 15 is 0 Å². The molecule has 0 spiro atoms. The number of nitrogens with zero attached hydrogens (tertiary/aromatic N) is 1. The molecular weight excluding hydrogens is 442 g/mol. The molecule has 1 amide bonds. The molecule has 0 fully saturated rings. The number of aryl methyl sites for hydroxylation is 1. The molecular formula is C25H21NO6S. The second-order valence-electron chi connectivity index (χ2n) is 7.56. The van der Waals surface area contributed by atoms with Gasteiger partial charge in [-0.05, 0) is 48.9 Å². The standard InChI is InChI=1S/C25H21NO6S/c1-16-8-14-20(15-9-16)33(30,31)23-21(17-10-12-18(13-11-17)25(29)32-2)26(24(28)22(23)27)19-6-4-3-5-7-19/h3-15,21,27H,1-2H3/t21-/m1/s1. The fourth-order valence-corrected chi connectivity index (χ4v) is 5.40. The van der Waals surface area contributed by atoms with Gasteiger partial charge in [-0.25, -0.2) is 13.2 Å². The number of carbonyl (C=O) groups is 2. The van der Waals surface area contributed by atoms with E-state index in [1.54, 1.807) is 54.6 Å². The summed E-state index contributed by atoms with van der Waals surface area (Å²) in [5.41, 5.74) is 1.98. The average molecular weight is 464 g/mol. The molecule has 3 aromatic carbocycles. The molecule has 0 radical (unpaired) electrons. The van der Waals surface area contributed by atoms with E-state index in [4.69, 9.17) is 4.74 Å². The SMILES string of the molecule is COC(=O)c1ccc([C@@H]2C(S(=O)(=O)c3ccc(C)cc3)=C(O)C(=O)N2c2ccccc2)cc1. The van der Waals surface area contributed by atoms with Crippen molar-refractivity contribution in [2.75, 3.05) is 12.0 Å². The Kier molecular flexibility index (Phi) is 5.78. The van der Waals surface area contributed by atoms with Gasteiger partial charge in [0.2, 0.25) is 9.84 Å². The van der Waals surface area contributed by atoms with Crippen LogP contribution in [0.3, 0.4) is 0 Å². The summed E-state index contributed by atoms with van der Waals surface area (Å²) in [5.74, 6) is -2.20. The number of hydrogen-bond donors (Lipinski definition) is 1. The van der Waals surface area contributed by atoms with Crippen molar-refractivity contribution in [2.45, 2.75) is 17.9 Å². The van der Waals surface area contributed by atoms with Gasteiger partial charge in [-0.2, -0.15) is 0 Å². The van der Waals surface area contributed by atoms with E-state index < -0.39 is 38.4 Å². The van der Waals surface area contributed by atoms with Gasteiger partial charge in [0, 0.05) is 5.69 Å². The number of carbonyl (C=O) groups excluding carboxylic acids is 2. The Morgan fingerprint density at radius 2 is 1.55 bits per heavy atom. The smallest absolute Gasteiger partial charge is 0.337 e. The van der Waals surface area contributed by atoms with Crippen LogP contribution in [0.1, 0.15) is 27.5 Å². The monoisotopic (exact) mass is 463 g/mol. The lowest BCUT2D eigenvalue weighted by Gasteiger charge is -2.27. The van der Waals surface area contributed by atoms with Gasteiger partial charge in [0.25, 0.3) is 5.91 Å². The molecule has 0 aromatic heterocycles. The van der Waals surface area contributed by atoms with E-state index in [0.717, 1.165) is 5.56 Å². The Morgan fingerprint density at radius 1 is 0.939 bits per heavy atom. The predicted octanol–water partition coefficient (Wildman–Crippen LogP) is 4.11. The van der Waals surface area contributed by atoms with Crippen molar-refractivity contribution in [2.24, 2.45) is 0 Å². The van der Waals surface area contributed by atoms with Gasteiger partial charge >= 0.3 is 5.97 Å². The number of para-hydroxylation sites is 1. The van der Waals surface area contributed by atoms with Gasteiger partial charge < -0.3 is 9.84 Å². The molecule has 3 aromatic rings. The van der Waals surface area contributed by atoms with Crippen molar-refractivity contribution in [1.29, 1.82) is 0 Å². The topological polar surface area (TPSA) is 101 Å². The van der Waals surface area contributed by atoms with Gasteiger partial charge in [-0.1, -0.05) is 48.0 Å². The zero-order valence-electron chi connectivity index (χ0n) is 17.9. The first-order valence-corrected chi connectivity index (χ1v) is 11.6. The highest BCUT2D eigenvalue weighted by atomic mass is 32.2. The minimum absolute atomic E-state index is 0.0338. The summed E-state index contributed by atoms with van der Waals surface area (Å²) in [6.07, 6.45) is 0. The highest BCUT2D eigenvalue weighted by molar-refractivity contribution is 7.95. The number of aliphatic hydroxyl groups excluding tert-OH is 1. The Balaban J connectivity index is 1.90. The van der Waals surface area contributed by atoms with Gasteiger partial charge in [0.1, 0.15) is 10.9 Å². The van der Waals surface area contributed by atoms with Gasteiger partial charge in [0.05, 0.1) is 17.6 Å². The maximum Gasteiger partial charge on any atom is 0.337 e. The van der Waals surface area contributed by atoms with E-state index in [1.807, 2.05) is 6.92 Å². The van der Waals surface area contributed by atoms with Crippen LogP contribution in [0.2, 0.25) is 0 Å². The molecule has 0 aliphatic carbocycles. The largest absolute Gasteiger partial charge is 0.502 e. The number of ether oxygens (including phenoxy) is 1. The second kappa shape index (κ2) is 8.55. The Bertz CT molecular complexity index is 1340. The maximum atomic E-state index is 13.6. The first-order chi connectivity index (χ1) is 15.8. The van der Waals surface area contributed by atoms with Crippen LogP contribution < -0.4 is 4.90 Å². The fraction of sp³-hybridized carbons (Fsp3) is 0.120. The number of methoxy groups -OCH3 is 1. The lowest BCUT2D eigenvalue weighted by molar-refractivity contribution is -0.117. The number of aliphatic hydroxyl groups is 1. The first kappa shape index (κ1) is 22.3. The van der Waals surface area contributed by atoms with Crippen LogP contribution in [0.25, 0.3) is 0 Å². The molecule has 8 heteroatoms. The summed E-state index contributed by atoms with van der Waals surface area (Å²) in [7, 11) is -2.97. The highest BCUT2D eigenvalue weighted by Gasteiger charge is 2.47. The predicted molar refractivity (Wildman–Crippen MR) is 122 cm³/mol. The average Bonchev–Trinajstić information content (AvgIpc) is 3.10. The van der Waals surface area contributed by atoms with Crippen LogP contribution in [-0.2, 0) is 19.4 Å². The zero-order chi connectivity index (χ0) is 23.8. The molecule has 1 heterocycles. The lowest BCUT2D eigenvalue weighted by atomic mass is 10.0. The van der Waals surface area contributed by atoms with Crippen molar-refractivity contribution in [3.63, 3.8) is 0 Å². The van der Waals surface area contributed by atoms with Gasteiger partial charge in [0.15, 0.2) is 5.76 Å². The summed E-state index contributed by atoms with van der Waals surface area (Å²) < 4.78 is 31.9.